The Balaban J connectivity index is 0.795. The van der Waals surface area contributed by atoms with Gasteiger partial charge in [0.15, 0.2) is 0 Å². The van der Waals surface area contributed by atoms with Crippen molar-refractivity contribution >= 4 is 65.4 Å². The predicted octanol–water partition coefficient (Wildman–Crippen LogP) is 20.9. The van der Waals surface area contributed by atoms with Crippen molar-refractivity contribution in [2.75, 3.05) is 0 Å². The zero-order chi connectivity index (χ0) is 59.0. The molecule has 0 unspecified atom stereocenters. The molecule has 0 aliphatic carbocycles. The van der Waals surface area contributed by atoms with E-state index in [1.54, 1.807) is 0 Å². The fraction of sp³-hybridized carbons (Fsp3) is 0.0122. The van der Waals surface area contributed by atoms with Gasteiger partial charge in [-0.15, -0.1) is 0 Å². The van der Waals surface area contributed by atoms with Gasteiger partial charge < -0.3 is 13.7 Å². The summed E-state index contributed by atoms with van der Waals surface area (Å²) in [5.74, 6) is 0. The number of nitriles is 3. The lowest BCUT2D eigenvalue weighted by Gasteiger charge is -2.21. The highest BCUT2D eigenvalue weighted by molar-refractivity contribution is 6.11. The lowest BCUT2D eigenvalue weighted by Crippen LogP contribution is -2.03. The summed E-state index contributed by atoms with van der Waals surface area (Å²) in [5.41, 5.74) is 21.4. The molecule has 0 bridgehead atoms. The molecule has 0 atom stereocenters. The standard InChI is InChI=1S/C82H50N6/c1-52-48-60(57-38-45-63(46-39-57)88-78-24-12-6-18-69(78)70-19-7-13-25-79(70)88)40-47-64(52)82-72(50-84)80(58-30-26-53(27-31-58)55-34-41-61(42-35-55)86-74-20-8-2-14-65(74)66-15-3-9-21-75(66)86)71(49-83)81(73(82)51-85)59-32-28-54(29-33-59)56-36-43-62(44-37-56)87-76-22-10-4-16-67(76)68-17-5-11-23-77(68)87/h2-48H,1H3. The molecular formula is C82H50N6. The molecule has 0 amide bonds. The summed E-state index contributed by atoms with van der Waals surface area (Å²) in [4.78, 5) is 0. The van der Waals surface area contributed by atoms with Gasteiger partial charge in [-0.2, -0.15) is 15.8 Å². The van der Waals surface area contributed by atoms with E-state index in [-0.39, 0.29) is 16.7 Å². The van der Waals surface area contributed by atoms with Gasteiger partial charge in [-0.1, -0.05) is 212 Å². The number of hydrogen-bond donors (Lipinski definition) is 0. The summed E-state index contributed by atoms with van der Waals surface area (Å²) in [6.45, 7) is 2.04. The van der Waals surface area contributed by atoms with E-state index in [1.165, 1.54) is 32.3 Å². The molecule has 0 N–H and O–H groups in total. The van der Waals surface area contributed by atoms with Gasteiger partial charge in [0, 0.05) is 66.1 Å². The number of benzene rings is 13. The Labute approximate surface area is 508 Å². The first-order valence-corrected chi connectivity index (χ1v) is 29.5. The van der Waals surface area contributed by atoms with E-state index in [2.05, 4.69) is 287 Å². The number of nitrogens with zero attached hydrogens (tertiary/aromatic N) is 6. The van der Waals surface area contributed by atoms with Gasteiger partial charge in [0.25, 0.3) is 0 Å². The molecular weight excluding hydrogens is 1070 g/mol. The second-order valence-corrected chi connectivity index (χ2v) is 22.5. The summed E-state index contributed by atoms with van der Waals surface area (Å²) < 4.78 is 6.93. The van der Waals surface area contributed by atoms with Crippen LogP contribution in [0.2, 0.25) is 0 Å². The van der Waals surface area contributed by atoms with Crippen LogP contribution < -0.4 is 0 Å². The third-order valence-corrected chi connectivity index (χ3v) is 17.8. The van der Waals surface area contributed by atoms with Crippen LogP contribution >= 0.6 is 0 Å². The molecule has 0 saturated carbocycles. The predicted molar refractivity (Wildman–Crippen MR) is 361 cm³/mol. The first-order valence-electron chi connectivity index (χ1n) is 29.5. The molecule has 408 valence electrons. The summed E-state index contributed by atoms with van der Waals surface area (Å²) >= 11 is 0. The topological polar surface area (TPSA) is 86.2 Å². The third-order valence-electron chi connectivity index (χ3n) is 17.8. The van der Waals surface area contributed by atoms with Gasteiger partial charge in [-0.25, -0.2) is 0 Å². The lowest BCUT2D eigenvalue weighted by atomic mass is 9.79. The molecule has 0 aliphatic heterocycles. The zero-order valence-corrected chi connectivity index (χ0v) is 47.8. The maximum absolute atomic E-state index is 11.5. The van der Waals surface area contributed by atoms with E-state index in [4.69, 9.17) is 0 Å². The van der Waals surface area contributed by atoms with Crippen molar-refractivity contribution < 1.29 is 0 Å². The van der Waals surface area contributed by atoms with Gasteiger partial charge in [0.1, 0.15) is 18.2 Å². The number of aryl methyl sites for hydroxylation is 1. The summed E-state index contributed by atoms with van der Waals surface area (Å²) in [6.07, 6.45) is 0. The highest BCUT2D eigenvalue weighted by Gasteiger charge is 2.28. The van der Waals surface area contributed by atoms with Crippen LogP contribution in [-0.4, -0.2) is 13.7 Å². The Morgan fingerprint density at radius 1 is 0.239 bits per heavy atom. The Morgan fingerprint density at radius 3 is 0.739 bits per heavy atom. The van der Waals surface area contributed by atoms with Crippen LogP contribution in [0.25, 0.3) is 149 Å². The fourth-order valence-electron chi connectivity index (χ4n) is 13.7. The number of para-hydroxylation sites is 6. The normalized spacial score (nSPS) is 11.4. The van der Waals surface area contributed by atoms with E-state index >= 15 is 0 Å². The zero-order valence-electron chi connectivity index (χ0n) is 47.8. The lowest BCUT2D eigenvalue weighted by molar-refractivity contribution is 1.18. The van der Waals surface area contributed by atoms with Gasteiger partial charge in [-0.05, 0) is 135 Å². The minimum Gasteiger partial charge on any atom is -0.309 e. The average molecular weight is 1120 g/mol. The van der Waals surface area contributed by atoms with Crippen molar-refractivity contribution in [3.63, 3.8) is 0 Å². The fourth-order valence-corrected chi connectivity index (χ4v) is 13.7. The molecule has 13 aromatic carbocycles. The molecule has 0 radical (unpaired) electrons. The largest absolute Gasteiger partial charge is 0.309 e. The van der Waals surface area contributed by atoms with Gasteiger partial charge in [0.05, 0.1) is 49.8 Å². The molecule has 0 saturated heterocycles. The summed E-state index contributed by atoms with van der Waals surface area (Å²) in [5, 5.41) is 41.8. The van der Waals surface area contributed by atoms with Crippen LogP contribution in [0.5, 0.6) is 0 Å². The van der Waals surface area contributed by atoms with Crippen molar-refractivity contribution in [3.05, 3.63) is 307 Å². The van der Waals surface area contributed by atoms with Crippen molar-refractivity contribution in [3.8, 4) is 102 Å². The van der Waals surface area contributed by atoms with Crippen molar-refractivity contribution in [2.45, 2.75) is 6.92 Å². The van der Waals surface area contributed by atoms with Crippen molar-refractivity contribution in [1.29, 1.82) is 15.8 Å². The van der Waals surface area contributed by atoms with Crippen LogP contribution in [0, 0.1) is 40.9 Å². The molecule has 0 aliphatic rings. The number of hydrogen-bond acceptors (Lipinski definition) is 3. The molecule has 0 fully saturated rings. The van der Waals surface area contributed by atoms with Crippen LogP contribution in [0.15, 0.2) is 285 Å². The Morgan fingerprint density at radius 2 is 0.466 bits per heavy atom. The Hall–Kier alpha value is -12.3. The quantitative estimate of drug-likeness (QED) is 0.144. The number of fused-ring (bicyclic) bond motifs is 9. The monoisotopic (exact) mass is 1120 g/mol. The maximum Gasteiger partial charge on any atom is 0.101 e. The summed E-state index contributed by atoms with van der Waals surface area (Å²) in [6, 6.07) is 107. The first kappa shape index (κ1) is 51.4. The van der Waals surface area contributed by atoms with Crippen LogP contribution in [0.4, 0.5) is 0 Å². The van der Waals surface area contributed by atoms with Crippen molar-refractivity contribution in [2.24, 2.45) is 0 Å². The molecule has 3 aromatic heterocycles. The SMILES string of the molecule is Cc1cc(-c2ccc(-n3c4ccccc4c4ccccc43)cc2)ccc1-c1c(C#N)c(-c2ccc(-c3ccc(-n4c5ccccc5c5ccccc54)cc3)cc2)c(C#N)c(-c2ccc(-c3ccc(-n4c5ccccc5c5ccccc54)cc3)cc2)c1C#N. The minimum absolute atomic E-state index is 0.265. The third kappa shape index (κ3) is 8.15. The number of rotatable bonds is 9. The molecule has 6 heteroatoms. The maximum atomic E-state index is 11.5. The molecule has 16 rings (SSSR count). The van der Waals surface area contributed by atoms with E-state index in [9.17, 15) is 15.8 Å². The first-order chi connectivity index (χ1) is 43.5. The van der Waals surface area contributed by atoms with Gasteiger partial charge in [-0.3, -0.25) is 0 Å². The smallest absolute Gasteiger partial charge is 0.101 e. The second kappa shape index (κ2) is 20.8. The minimum atomic E-state index is 0.265. The van der Waals surface area contributed by atoms with Gasteiger partial charge in [0.2, 0.25) is 0 Å². The molecule has 0 spiro atoms. The summed E-state index contributed by atoms with van der Waals surface area (Å²) in [7, 11) is 0. The molecule has 3 heterocycles. The molecule has 88 heavy (non-hydrogen) atoms. The van der Waals surface area contributed by atoms with Crippen LogP contribution in [-0.2, 0) is 0 Å². The molecule has 6 nitrogen and oxygen atoms in total. The highest BCUT2D eigenvalue weighted by atomic mass is 15.0. The molecule has 16 aromatic rings. The number of aromatic nitrogens is 3. The van der Waals surface area contributed by atoms with E-state index in [0.717, 1.165) is 94.7 Å². The van der Waals surface area contributed by atoms with Crippen LogP contribution in [0.3, 0.4) is 0 Å². The van der Waals surface area contributed by atoms with E-state index in [1.807, 2.05) is 37.3 Å². The van der Waals surface area contributed by atoms with E-state index < -0.39 is 0 Å². The van der Waals surface area contributed by atoms with Gasteiger partial charge >= 0.3 is 0 Å². The van der Waals surface area contributed by atoms with Crippen LogP contribution in [0.1, 0.15) is 22.3 Å². The van der Waals surface area contributed by atoms with Crippen molar-refractivity contribution in [1.82, 2.24) is 13.7 Å². The Kier molecular flexibility index (Phi) is 12.1. The highest BCUT2D eigenvalue weighted by Crippen LogP contribution is 2.47. The Bertz CT molecular complexity index is 5220. The second-order valence-electron chi connectivity index (χ2n) is 22.5. The van der Waals surface area contributed by atoms with E-state index in [0.29, 0.717) is 27.8 Å². The average Bonchev–Trinajstić information content (AvgIpc) is 1.23.